The summed E-state index contributed by atoms with van der Waals surface area (Å²) >= 11 is 0. The van der Waals surface area contributed by atoms with E-state index in [0.29, 0.717) is 0 Å². The third-order valence-electron chi connectivity index (χ3n) is 0.1000. The molecule has 2 radical (unpaired) electrons. The van der Waals surface area contributed by atoms with Gasteiger partial charge in [-0.1, -0.05) is 0 Å². The van der Waals surface area contributed by atoms with Crippen LogP contribution >= 0.6 is 0 Å². The van der Waals surface area contributed by atoms with Crippen LogP contribution in [0.25, 0.3) is 0 Å². The van der Waals surface area contributed by atoms with Gasteiger partial charge in [-0.2, -0.15) is 20.8 Å². The van der Waals surface area contributed by atoms with Crippen molar-refractivity contribution in [3.05, 3.63) is 84.8 Å². The van der Waals surface area contributed by atoms with Crippen LogP contribution in [0.4, 0.5) is 0 Å². The standard InChI is InChI=1S/C4H9.C2H6O2.12CN.2Co.3Zn/c1-4(2)3;3-1-2-4;12*1-2;;;;;/h1-3H3;3-4H,1-2H2;;;;;;;;;;;;;;;;;/q-1;;12*-1;;;;;. The first-order valence-corrected chi connectivity index (χ1v) is 5.32. The van der Waals surface area contributed by atoms with E-state index in [1.54, 1.807) is 0 Å². The maximum Gasteiger partial charge on any atom is 0.0662 e. The Morgan fingerprint density at radius 3 is 0.378 bits per heavy atom. The van der Waals surface area contributed by atoms with E-state index in [1.807, 2.05) is 0 Å². The predicted molar refractivity (Wildman–Crippen MR) is 94.1 cm³/mol. The van der Waals surface area contributed by atoms with Crippen LogP contribution in [0.2, 0.25) is 0 Å². The third kappa shape index (κ3) is 5730. The average molecular weight is 745 g/mol. The zero-order chi connectivity index (χ0) is 31.0. The van der Waals surface area contributed by atoms with Gasteiger partial charge in [0.15, 0.2) is 0 Å². The summed E-state index contributed by atoms with van der Waals surface area (Å²) in [4.78, 5) is 0. The van der Waals surface area contributed by atoms with Crippen molar-refractivity contribution >= 4 is 0 Å². The van der Waals surface area contributed by atoms with Crippen LogP contribution in [0.3, 0.4) is 0 Å². The summed E-state index contributed by atoms with van der Waals surface area (Å²) in [5, 5.41) is 90.2. The fraction of sp³-hybridized carbons (Fsp3) is 0.278. The van der Waals surface area contributed by atoms with Gasteiger partial charge in [-0.15, -0.1) is 0 Å². The van der Waals surface area contributed by atoms with E-state index in [9.17, 15) is 0 Å². The van der Waals surface area contributed by atoms with Gasteiger partial charge in [-0.25, -0.2) is 0 Å². The Bertz CT molecular complexity index is 312. The minimum atomic E-state index is -0.125. The van der Waals surface area contributed by atoms with Crippen LogP contribution < -0.4 is 0 Å². The average Bonchev–Trinajstić information content (AvgIpc) is 2.97. The van der Waals surface area contributed by atoms with E-state index in [0.717, 1.165) is 0 Å². The molecule has 0 rings (SSSR count). The Hall–Kier alpha value is -3.32. The molecule has 0 aromatic carbocycles. The van der Waals surface area contributed by atoms with E-state index in [2.05, 4.69) is 20.8 Å². The van der Waals surface area contributed by atoms with Gasteiger partial charge in [-0.3, -0.25) is 0 Å². The summed E-state index contributed by atoms with van der Waals surface area (Å²) in [6, 6.07) is 0. The van der Waals surface area contributed by atoms with E-state index in [-0.39, 0.29) is 105 Å². The van der Waals surface area contributed by atoms with Gasteiger partial charge >= 0.3 is 0 Å². The molecule has 2 N–H and O–H groups in total. The second-order valence-electron chi connectivity index (χ2n) is 1.95. The van der Waals surface area contributed by atoms with E-state index < -0.39 is 0 Å². The van der Waals surface area contributed by atoms with Crippen LogP contribution in [0, 0.1) is 148 Å². The van der Waals surface area contributed by atoms with Gasteiger partial charge in [0.25, 0.3) is 0 Å². The molecule has 0 aliphatic heterocycles. The Balaban J connectivity index is -0.00000000556. The molecule has 196 valence electrons. The minimum Gasteiger partial charge on any atom is -0.512 e. The molecule has 19 heteroatoms. The van der Waals surface area contributed by atoms with E-state index >= 15 is 0 Å². The van der Waals surface area contributed by atoms with Crippen LogP contribution in [-0.4, -0.2) is 23.4 Å². The van der Waals surface area contributed by atoms with Gasteiger partial charge in [0.1, 0.15) is 0 Å². The van der Waals surface area contributed by atoms with Gasteiger partial charge in [-0.05, 0) is 0 Å². The molecular formula is C18H15Co2N12O2Zn3-13. The smallest absolute Gasteiger partial charge is 0.0662 e. The molecule has 0 aliphatic rings. The molecule has 0 atom stereocenters. The van der Waals surface area contributed by atoms with Crippen molar-refractivity contribution in [1.29, 1.82) is 63.1 Å². The number of nitrogens with zero attached hydrogens (tertiary/aromatic N) is 12. The molecule has 0 aromatic rings. The summed E-state index contributed by atoms with van der Waals surface area (Å²) in [6.45, 7) is 63.0. The van der Waals surface area contributed by atoms with Crippen LogP contribution in [-0.2, 0) is 92.0 Å². The molecule has 14 nitrogen and oxygen atoms in total. The second-order valence-corrected chi connectivity index (χ2v) is 1.95. The molecule has 0 aliphatic carbocycles. The maximum atomic E-state index is 7.62. The summed E-state index contributed by atoms with van der Waals surface area (Å²) in [7, 11) is 0. The number of hydrogen-bond acceptors (Lipinski definition) is 14. The van der Waals surface area contributed by atoms with Crippen molar-refractivity contribution in [3.8, 4) is 0 Å². The summed E-state index contributed by atoms with van der Waals surface area (Å²) in [5.41, 5.74) is 0. The van der Waals surface area contributed by atoms with Gasteiger partial charge < -0.3 is 158 Å². The monoisotopic (exact) mass is 741 g/mol. The second kappa shape index (κ2) is 11600. The number of aliphatic hydroxyl groups is 2. The molecule has 37 heavy (non-hydrogen) atoms. The van der Waals surface area contributed by atoms with Crippen LogP contribution in [0.1, 0.15) is 20.8 Å². The molecule has 0 aromatic heterocycles. The van der Waals surface area contributed by atoms with Crippen molar-refractivity contribution < 1.29 is 102 Å². The Morgan fingerprint density at radius 1 is 0.351 bits per heavy atom. The summed E-state index contributed by atoms with van der Waals surface area (Å²) < 4.78 is 0. The zero-order valence-electron chi connectivity index (χ0n) is 20.0. The number of hydrogen-bond donors (Lipinski definition) is 2. The maximum absolute atomic E-state index is 7.62. The summed E-state index contributed by atoms with van der Waals surface area (Å²) in [5.74, 6) is 1.42. The van der Waals surface area contributed by atoms with Crippen molar-refractivity contribution in [3.63, 3.8) is 0 Å². The van der Waals surface area contributed by atoms with Crippen molar-refractivity contribution in [2.45, 2.75) is 20.8 Å². The summed E-state index contributed by atoms with van der Waals surface area (Å²) in [6.07, 6.45) is 0. The number of rotatable bonds is 1. The first-order valence-electron chi connectivity index (χ1n) is 5.32. The number of aliphatic hydroxyl groups excluding tert-OH is 2. The third-order valence-corrected chi connectivity index (χ3v) is 0.1000. The minimum absolute atomic E-state index is 0. The molecule has 0 heterocycles. The quantitative estimate of drug-likeness (QED) is 0.285. The van der Waals surface area contributed by atoms with Gasteiger partial charge in [0, 0.05) is 92.0 Å². The largest absolute Gasteiger partial charge is 0.512 e. The molecule has 0 saturated heterocycles. The molecule has 0 fully saturated rings. The molecule has 0 amide bonds. The van der Waals surface area contributed by atoms with Crippen LogP contribution in [0.5, 0.6) is 0 Å². The SMILES string of the molecule is C[C-](C)C.OCCO.[C-]#N.[C-]#N.[C-]#N.[C-]#N.[C-]#N.[C-]#N.[C-]#N.[C-]#N.[C-]#N.[C-]#N.[C-]#N.[C-]#N.[Co].[Co].[Zn].[Zn].[Zn]. The fourth-order valence-electron chi connectivity index (χ4n) is 0. The predicted octanol–water partition coefficient (Wildman–Crippen LogP) is 1.74. The molecule has 0 spiro atoms. The first-order chi connectivity index (χ1) is 15.6. The van der Waals surface area contributed by atoms with Crippen LogP contribution in [0.15, 0.2) is 0 Å². The van der Waals surface area contributed by atoms with E-state index in [4.69, 9.17) is 152 Å². The topological polar surface area (TPSA) is 326 Å². The zero-order valence-corrected chi connectivity index (χ0v) is 30.9. The Kier molecular flexibility index (Phi) is 52200. The first kappa shape index (κ1) is 167. The normalized spacial score (nSPS) is 2.43. The van der Waals surface area contributed by atoms with Crippen molar-refractivity contribution in [2.24, 2.45) is 0 Å². The molecule has 0 saturated carbocycles. The van der Waals surface area contributed by atoms with Crippen molar-refractivity contribution in [2.75, 3.05) is 13.2 Å². The van der Waals surface area contributed by atoms with Crippen molar-refractivity contribution in [1.82, 2.24) is 0 Å². The van der Waals surface area contributed by atoms with Gasteiger partial charge in [0.05, 0.1) is 13.2 Å². The molecule has 0 unspecified atom stereocenters. The fourth-order valence-corrected chi connectivity index (χ4v) is 0. The molecular weight excluding hydrogens is 730 g/mol. The van der Waals surface area contributed by atoms with Gasteiger partial charge in [0.2, 0.25) is 0 Å². The Labute approximate surface area is 282 Å². The molecule has 0 bridgehead atoms. The van der Waals surface area contributed by atoms with E-state index in [1.165, 1.54) is 5.92 Å². The Morgan fingerprint density at radius 2 is 0.378 bits per heavy atom.